The molecule has 0 aromatic heterocycles. The van der Waals surface area contributed by atoms with Gasteiger partial charge in [0.25, 0.3) is 5.91 Å². The van der Waals surface area contributed by atoms with Crippen LogP contribution in [0.25, 0.3) is 0 Å². The molecule has 0 bridgehead atoms. The van der Waals surface area contributed by atoms with Gasteiger partial charge in [-0.1, -0.05) is 17.7 Å². The van der Waals surface area contributed by atoms with Crippen molar-refractivity contribution in [2.75, 3.05) is 26.3 Å². The normalized spacial score (nSPS) is 22.4. The number of nitrogens with one attached hydrogen (secondary N) is 1. The first-order chi connectivity index (χ1) is 11.9. The SMILES string of the molecule is Cc1ccc(C(=O)N2C[C@@H](C(=O)NC(C)C)C3(CCOCC3)C2)cc1. The van der Waals surface area contributed by atoms with Crippen LogP contribution in [0.3, 0.4) is 0 Å². The summed E-state index contributed by atoms with van der Waals surface area (Å²) in [7, 11) is 0. The van der Waals surface area contributed by atoms with Crippen LogP contribution in [-0.2, 0) is 9.53 Å². The smallest absolute Gasteiger partial charge is 0.253 e. The molecule has 25 heavy (non-hydrogen) atoms. The molecular weight excluding hydrogens is 316 g/mol. The maximum absolute atomic E-state index is 12.9. The van der Waals surface area contributed by atoms with Gasteiger partial charge in [0.05, 0.1) is 5.92 Å². The number of carbonyl (C=O) groups excluding carboxylic acids is 2. The van der Waals surface area contributed by atoms with Gasteiger partial charge in [0.1, 0.15) is 0 Å². The van der Waals surface area contributed by atoms with Crippen molar-refractivity contribution in [1.82, 2.24) is 10.2 Å². The molecule has 0 aliphatic carbocycles. The standard InChI is InChI=1S/C20H28N2O3/c1-14(2)21-18(23)17-12-22(13-20(17)8-10-25-11-9-20)19(24)16-6-4-15(3)5-7-16/h4-7,14,17H,8-13H2,1-3H3,(H,21,23)/t17-/m0/s1. The monoisotopic (exact) mass is 344 g/mol. The summed E-state index contributed by atoms with van der Waals surface area (Å²) < 4.78 is 5.52. The summed E-state index contributed by atoms with van der Waals surface area (Å²) in [6.07, 6.45) is 1.67. The third-order valence-electron chi connectivity index (χ3n) is 5.47. The van der Waals surface area contributed by atoms with E-state index in [-0.39, 0.29) is 29.2 Å². The minimum Gasteiger partial charge on any atom is -0.381 e. The molecule has 1 spiro atoms. The van der Waals surface area contributed by atoms with E-state index < -0.39 is 0 Å². The quantitative estimate of drug-likeness (QED) is 0.916. The number of amides is 2. The van der Waals surface area contributed by atoms with Gasteiger partial charge in [-0.25, -0.2) is 0 Å². The number of aryl methyl sites for hydroxylation is 1. The van der Waals surface area contributed by atoms with Gasteiger partial charge in [0.2, 0.25) is 5.91 Å². The molecule has 5 nitrogen and oxygen atoms in total. The van der Waals surface area contributed by atoms with Crippen LogP contribution in [0.1, 0.15) is 42.6 Å². The van der Waals surface area contributed by atoms with Gasteiger partial charge in [-0.15, -0.1) is 0 Å². The molecule has 3 rings (SSSR count). The lowest BCUT2D eigenvalue weighted by molar-refractivity contribution is -0.130. The number of hydrogen-bond donors (Lipinski definition) is 1. The predicted molar refractivity (Wildman–Crippen MR) is 96.3 cm³/mol. The largest absolute Gasteiger partial charge is 0.381 e. The highest BCUT2D eigenvalue weighted by atomic mass is 16.5. The number of rotatable bonds is 3. The van der Waals surface area contributed by atoms with Gasteiger partial charge >= 0.3 is 0 Å². The van der Waals surface area contributed by atoms with Crippen molar-refractivity contribution >= 4 is 11.8 Å². The number of hydrogen-bond acceptors (Lipinski definition) is 3. The molecule has 2 aliphatic rings. The predicted octanol–water partition coefficient (Wildman–Crippen LogP) is 2.39. The third-order valence-corrected chi connectivity index (χ3v) is 5.47. The van der Waals surface area contributed by atoms with Crippen molar-refractivity contribution in [1.29, 1.82) is 0 Å². The molecule has 1 aromatic rings. The van der Waals surface area contributed by atoms with Crippen molar-refractivity contribution in [2.24, 2.45) is 11.3 Å². The molecule has 2 saturated heterocycles. The molecule has 5 heteroatoms. The van der Waals surface area contributed by atoms with Gasteiger partial charge in [0.15, 0.2) is 0 Å². The first-order valence-corrected chi connectivity index (χ1v) is 9.15. The second-order valence-corrected chi connectivity index (χ2v) is 7.74. The molecule has 1 aromatic carbocycles. The maximum atomic E-state index is 12.9. The highest BCUT2D eigenvalue weighted by molar-refractivity contribution is 5.95. The van der Waals surface area contributed by atoms with Crippen LogP contribution < -0.4 is 5.32 Å². The molecule has 0 radical (unpaired) electrons. The summed E-state index contributed by atoms with van der Waals surface area (Å²) >= 11 is 0. The number of ether oxygens (including phenoxy) is 1. The molecule has 2 amide bonds. The lowest BCUT2D eigenvalue weighted by Gasteiger charge is -2.37. The van der Waals surface area contributed by atoms with Crippen molar-refractivity contribution in [2.45, 2.75) is 39.7 Å². The van der Waals surface area contributed by atoms with Crippen LogP contribution in [-0.4, -0.2) is 49.1 Å². The Labute approximate surface area is 149 Å². The lowest BCUT2D eigenvalue weighted by atomic mass is 9.71. The van der Waals surface area contributed by atoms with Gasteiger partial charge in [-0.05, 0) is 45.7 Å². The number of likely N-dealkylation sites (tertiary alicyclic amines) is 1. The van der Waals surface area contributed by atoms with E-state index in [1.165, 1.54) is 0 Å². The third kappa shape index (κ3) is 3.71. The summed E-state index contributed by atoms with van der Waals surface area (Å²) in [5.41, 5.74) is 1.67. The fraction of sp³-hybridized carbons (Fsp3) is 0.600. The van der Waals surface area contributed by atoms with E-state index in [1.807, 2.05) is 49.9 Å². The Morgan fingerprint density at radius 1 is 1.20 bits per heavy atom. The van der Waals surface area contributed by atoms with Crippen LogP contribution in [0.4, 0.5) is 0 Å². The summed E-state index contributed by atoms with van der Waals surface area (Å²) in [5.74, 6) is -0.0741. The Bertz CT molecular complexity index is 633. The Balaban J connectivity index is 1.82. The molecular formula is C20H28N2O3. The Morgan fingerprint density at radius 3 is 2.44 bits per heavy atom. The molecule has 2 fully saturated rings. The zero-order valence-electron chi connectivity index (χ0n) is 15.4. The average molecular weight is 344 g/mol. The van der Waals surface area contributed by atoms with Crippen LogP contribution in [0.2, 0.25) is 0 Å². The fourth-order valence-corrected chi connectivity index (χ4v) is 4.03. The molecule has 1 N–H and O–H groups in total. The van der Waals surface area contributed by atoms with E-state index in [0.29, 0.717) is 31.9 Å². The van der Waals surface area contributed by atoms with Gasteiger partial charge in [-0.3, -0.25) is 9.59 Å². The molecule has 2 aliphatic heterocycles. The van der Waals surface area contributed by atoms with Crippen LogP contribution in [0.15, 0.2) is 24.3 Å². The van der Waals surface area contributed by atoms with E-state index in [0.717, 1.165) is 18.4 Å². The van der Waals surface area contributed by atoms with E-state index in [2.05, 4.69) is 5.32 Å². The highest BCUT2D eigenvalue weighted by Gasteiger charge is 2.51. The zero-order chi connectivity index (χ0) is 18.0. The number of carbonyl (C=O) groups is 2. The topological polar surface area (TPSA) is 58.6 Å². The molecule has 1 atom stereocenters. The Kier molecular flexibility index (Phi) is 5.13. The van der Waals surface area contributed by atoms with Gasteiger partial charge < -0.3 is 15.0 Å². The molecule has 136 valence electrons. The second-order valence-electron chi connectivity index (χ2n) is 7.74. The molecule has 0 saturated carbocycles. The summed E-state index contributed by atoms with van der Waals surface area (Å²) in [6, 6.07) is 7.75. The molecule has 2 heterocycles. The Morgan fingerprint density at radius 2 is 1.84 bits per heavy atom. The van der Waals surface area contributed by atoms with Crippen molar-refractivity contribution in [3.8, 4) is 0 Å². The first-order valence-electron chi connectivity index (χ1n) is 9.15. The number of nitrogens with zero attached hydrogens (tertiary/aromatic N) is 1. The van der Waals surface area contributed by atoms with E-state index >= 15 is 0 Å². The van der Waals surface area contributed by atoms with E-state index in [1.54, 1.807) is 0 Å². The van der Waals surface area contributed by atoms with Crippen molar-refractivity contribution < 1.29 is 14.3 Å². The van der Waals surface area contributed by atoms with Crippen molar-refractivity contribution in [3.63, 3.8) is 0 Å². The summed E-state index contributed by atoms with van der Waals surface area (Å²) in [6.45, 7) is 8.41. The fourth-order valence-electron chi connectivity index (χ4n) is 4.03. The average Bonchev–Trinajstić information content (AvgIpc) is 2.94. The highest BCUT2D eigenvalue weighted by Crippen LogP contribution is 2.44. The molecule has 0 unspecified atom stereocenters. The van der Waals surface area contributed by atoms with Crippen LogP contribution in [0.5, 0.6) is 0 Å². The van der Waals surface area contributed by atoms with Gasteiger partial charge in [-0.2, -0.15) is 0 Å². The number of benzene rings is 1. The van der Waals surface area contributed by atoms with E-state index in [4.69, 9.17) is 4.74 Å². The minimum absolute atomic E-state index is 0.0192. The summed E-state index contributed by atoms with van der Waals surface area (Å²) in [5, 5.41) is 3.05. The Hall–Kier alpha value is -1.88. The van der Waals surface area contributed by atoms with Crippen LogP contribution >= 0.6 is 0 Å². The maximum Gasteiger partial charge on any atom is 0.253 e. The lowest BCUT2D eigenvalue weighted by Crippen LogP contribution is -2.46. The van der Waals surface area contributed by atoms with Gasteiger partial charge in [0, 0.05) is 43.3 Å². The van der Waals surface area contributed by atoms with Crippen LogP contribution in [0, 0.1) is 18.3 Å². The summed E-state index contributed by atoms with van der Waals surface area (Å²) in [4.78, 5) is 27.6. The van der Waals surface area contributed by atoms with Crippen molar-refractivity contribution in [3.05, 3.63) is 35.4 Å². The minimum atomic E-state index is -0.159. The second kappa shape index (κ2) is 7.16. The zero-order valence-corrected chi connectivity index (χ0v) is 15.4. The van der Waals surface area contributed by atoms with E-state index in [9.17, 15) is 9.59 Å². The first kappa shape index (κ1) is 17.9.